The SMILES string of the molecule is CC1=c2c(c(=O)n(C3CC3)c(=O)n2-c2cccc(NC(=O)Cn3cc(-c4ccc(C)cc4)nn3)c2)=C(Nc2ccc(I)cc2F)[NH2+]C1=O. The van der Waals surface area contributed by atoms with Crippen LogP contribution >= 0.6 is 22.6 Å². The summed E-state index contributed by atoms with van der Waals surface area (Å²) in [6.07, 6.45) is 2.99. The number of nitrogens with one attached hydrogen (secondary N) is 2. The van der Waals surface area contributed by atoms with Crippen LogP contribution in [0, 0.1) is 16.3 Å². The van der Waals surface area contributed by atoms with E-state index in [1.54, 1.807) is 43.5 Å². The Labute approximate surface area is 285 Å². The Balaban J connectivity index is 1.28. The molecular weight excluding hydrogens is 730 g/mol. The number of aromatic nitrogens is 5. The summed E-state index contributed by atoms with van der Waals surface area (Å²) in [5.41, 5.74) is 2.44. The Morgan fingerprint density at radius 3 is 2.54 bits per heavy atom. The lowest BCUT2D eigenvalue weighted by molar-refractivity contribution is -0.471. The molecule has 3 heterocycles. The lowest BCUT2D eigenvalue weighted by Gasteiger charge is -2.18. The van der Waals surface area contributed by atoms with Gasteiger partial charge in [-0.15, -0.1) is 5.10 Å². The van der Waals surface area contributed by atoms with Crippen LogP contribution < -0.4 is 37.8 Å². The topological polar surface area (TPSA) is 150 Å². The van der Waals surface area contributed by atoms with E-state index in [1.165, 1.54) is 31.3 Å². The lowest BCUT2D eigenvalue weighted by atomic mass is 10.1. The van der Waals surface area contributed by atoms with Gasteiger partial charge < -0.3 is 10.6 Å². The van der Waals surface area contributed by atoms with Gasteiger partial charge in [0, 0.05) is 20.9 Å². The van der Waals surface area contributed by atoms with Crippen molar-refractivity contribution in [1.82, 2.24) is 24.1 Å². The Hall–Kier alpha value is -5.22. The molecule has 0 saturated heterocycles. The molecule has 0 radical (unpaired) electrons. The first kappa shape index (κ1) is 31.4. The summed E-state index contributed by atoms with van der Waals surface area (Å²) in [7, 11) is 0. The van der Waals surface area contributed by atoms with Crippen LogP contribution in [-0.2, 0) is 16.1 Å². The first-order valence-corrected chi connectivity index (χ1v) is 16.3. The quantitative estimate of drug-likeness (QED) is 0.204. The van der Waals surface area contributed by atoms with Gasteiger partial charge in [0.15, 0.2) is 0 Å². The number of primary amides is 1. The number of hydrogen-bond acceptors (Lipinski definition) is 7. The number of fused-ring (bicyclic) bond motifs is 1. The molecule has 1 fully saturated rings. The minimum Gasteiger partial charge on any atom is -0.324 e. The molecule has 1 aliphatic heterocycles. The van der Waals surface area contributed by atoms with Crippen molar-refractivity contribution in [1.29, 1.82) is 0 Å². The molecule has 3 aromatic carbocycles. The van der Waals surface area contributed by atoms with Crippen molar-refractivity contribution < 1.29 is 19.3 Å². The second-order valence-corrected chi connectivity index (χ2v) is 13.1. The predicted octanol–water partition coefficient (Wildman–Crippen LogP) is 1.74. The monoisotopic (exact) mass is 759 g/mol. The molecule has 2 amide bonds. The number of carbonyl (C=O) groups excluding carboxylic acids is 2. The number of aryl methyl sites for hydroxylation is 1. The van der Waals surface area contributed by atoms with Crippen LogP contribution in [0.25, 0.3) is 28.3 Å². The Morgan fingerprint density at radius 1 is 1.04 bits per heavy atom. The van der Waals surface area contributed by atoms with Crippen molar-refractivity contribution >= 4 is 57.2 Å². The van der Waals surface area contributed by atoms with Gasteiger partial charge in [-0.05, 0) is 85.7 Å². The zero-order valence-corrected chi connectivity index (χ0v) is 28.0. The summed E-state index contributed by atoms with van der Waals surface area (Å²) in [6, 6.07) is 18.7. The predicted molar refractivity (Wildman–Crippen MR) is 185 cm³/mol. The van der Waals surface area contributed by atoms with Crippen molar-refractivity contribution in [3.05, 3.63) is 119 Å². The fraction of sp³-hybridized carbons (Fsp3) is 0.176. The van der Waals surface area contributed by atoms with Gasteiger partial charge >= 0.3 is 11.6 Å². The first-order chi connectivity index (χ1) is 23.1. The minimum absolute atomic E-state index is 0.0816. The third-order valence-corrected chi connectivity index (χ3v) is 8.92. The van der Waals surface area contributed by atoms with E-state index in [2.05, 4.69) is 20.9 Å². The molecule has 0 atom stereocenters. The summed E-state index contributed by atoms with van der Waals surface area (Å²) < 4.78 is 19.5. The maximum Gasteiger partial charge on any atom is 0.346 e. The Kier molecular flexibility index (Phi) is 8.12. The summed E-state index contributed by atoms with van der Waals surface area (Å²) in [5.74, 6) is -1.28. The number of halogens is 2. The Bertz CT molecular complexity index is 2390. The lowest BCUT2D eigenvalue weighted by Crippen LogP contribution is -2.91. The van der Waals surface area contributed by atoms with E-state index in [4.69, 9.17) is 0 Å². The van der Waals surface area contributed by atoms with E-state index in [9.17, 15) is 23.6 Å². The van der Waals surface area contributed by atoms with Crippen LogP contribution in [0.3, 0.4) is 0 Å². The van der Waals surface area contributed by atoms with E-state index in [0.29, 0.717) is 33.5 Å². The molecule has 5 aromatic rings. The van der Waals surface area contributed by atoms with Crippen molar-refractivity contribution in [2.75, 3.05) is 10.6 Å². The summed E-state index contributed by atoms with van der Waals surface area (Å²) in [6.45, 7) is 3.43. The number of carbonyl (C=O) groups is 2. The highest BCUT2D eigenvalue weighted by Gasteiger charge is 2.33. The van der Waals surface area contributed by atoms with Crippen molar-refractivity contribution in [2.45, 2.75) is 39.3 Å². The van der Waals surface area contributed by atoms with E-state index in [1.807, 2.05) is 53.8 Å². The molecule has 7 rings (SSSR count). The first-order valence-electron chi connectivity index (χ1n) is 15.2. The number of nitrogens with zero attached hydrogens (tertiary/aromatic N) is 5. The molecule has 14 heteroatoms. The highest BCUT2D eigenvalue weighted by Crippen LogP contribution is 2.32. The highest BCUT2D eigenvalue weighted by molar-refractivity contribution is 14.1. The van der Waals surface area contributed by atoms with Gasteiger partial charge in [-0.25, -0.2) is 24.0 Å². The number of amides is 2. The molecular formula is C34H29FIN8O4+. The van der Waals surface area contributed by atoms with Gasteiger partial charge in [0.1, 0.15) is 23.3 Å². The molecule has 0 spiro atoms. The number of quaternary nitrogens is 1. The second kappa shape index (κ2) is 12.4. The zero-order valence-electron chi connectivity index (χ0n) is 25.8. The molecule has 0 bridgehead atoms. The standard InChI is InChI=1S/C34H28FIN8O4/c1-18-6-8-20(9-7-18)27-16-42(41-40-27)17-28(45)37-22-4-3-5-24(15-22)43-30-19(2)32(46)39-31(38-26-13-10-21(36)14-25(26)35)29(30)33(47)44(34(43)48)23-11-12-23/h3-10,13-16,23H,11-12,17H2,1-2H3,(H,37,45)(H2,38,39,46)/p+1. The minimum atomic E-state index is -0.607. The fourth-order valence-electron chi connectivity index (χ4n) is 5.68. The van der Waals surface area contributed by atoms with Crippen LogP contribution in [0.4, 0.5) is 15.8 Å². The number of rotatable bonds is 8. The number of anilines is 2. The van der Waals surface area contributed by atoms with E-state index >= 15 is 0 Å². The smallest absolute Gasteiger partial charge is 0.324 e. The van der Waals surface area contributed by atoms with Gasteiger partial charge in [0.25, 0.3) is 5.56 Å². The third-order valence-electron chi connectivity index (χ3n) is 8.25. The van der Waals surface area contributed by atoms with Crippen LogP contribution in [0.1, 0.15) is 31.4 Å². The Morgan fingerprint density at radius 2 is 1.81 bits per heavy atom. The molecule has 1 saturated carbocycles. The molecule has 12 nitrogen and oxygen atoms in total. The average Bonchev–Trinajstić information content (AvgIpc) is 3.78. The fourth-order valence-corrected chi connectivity index (χ4v) is 6.13. The number of benzene rings is 3. The van der Waals surface area contributed by atoms with Gasteiger partial charge in [-0.1, -0.05) is 41.1 Å². The average molecular weight is 760 g/mol. The largest absolute Gasteiger partial charge is 0.346 e. The summed E-state index contributed by atoms with van der Waals surface area (Å²) >= 11 is 1.99. The molecule has 242 valence electrons. The maximum atomic E-state index is 14.9. The van der Waals surface area contributed by atoms with E-state index < -0.39 is 23.0 Å². The number of hydrogen-bond donors (Lipinski definition) is 3. The van der Waals surface area contributed by atoms with Crippen LogP contribution in [0.2, 0.25) is 0 Å². The van der Waals surface area contributed by atoms with Gasteiger partial charge in [0.05, 0.1) is 28.5 Å². The maximum absolute atomic E-state index is 14.9. The van der Waals surface area contributed by atoms with Crippen LogP contribution in [0.15, 0.2) is 82.5 Å². The van der Waals surface area contributed by atoms with Crippen LogP contribution in [0.5, 0.6) is 0 Å². The third kappa shape index (κ3) is 5.99. The molecule has 2 aromatic heterocycles. The normalized spacial score (nSPS) is 14.2. The van der Waals surface area contributed by atoms with Crippen LogP contribution in [-0.4, -0.2) is 35.9 Å². The molecule has 1 aliphatic carbocycles. The molecule has 48 heavy (non-hydrogen) atoms. The molecule has 2 aliphatic rings. The van der Waals surface area contributed by atoms with Gasteiger partial charge in [-0.3, -0.25) is 18.7 Å². The molecule has 4 N–H and O–H groups in total. The second-order valence-electron chi connectivity index (χ2n) is 11.8. The van der Waals surface area contributed by atoms with Crippen molar-refractivity contribution in [2.24, 2.45) is 0 Å². The highest BCUT2D eigenvalue weighted by atomic mass is 127. The van der Waals surface area contributed by atoms with Gasteiger partial charge in [-0.2, -0.15) is 0 Å². The summed E-state index contributed by atoms with van der Waals surface area (Å²) in [4.78, 5) is 54.4. The molecule has 0 unspecified atom stereocenters. The van der Waals surface area contributed by atoms with Crippen molar-refractivity contribution in [3.63, 3.8) is 0 Å². The van der Waals surface area contributed by atoms with E-state index in [-0.39, 0.29) is 46.1 Å². The zero-order chi connectivity index (χ0) is 33.7. The summed E-state index contributed by atoms with van der Waals surface area (Å²) in [5, 5.41) is 15.5. The number of nitrogens with two attached hydrogens (primary N) is 1. The van der Waals surface area contributed by atoms with E-state index in [0.717, 1.165) is 11.1 Å². The van der Waals surface area contributed by atoms with Crippen molar-refractivity contribution in [3.8, 4) is 16.9 Å². The van der Waals surface area contributed by atoms with Gasteiger partial charge in [0.2, 0.25) is 11.7 Å².